The first-order chi connectivity index (χ1) is 8.61. The Hall–Kier alpha value is -0.610. The number of carbonyl (C=O) groups excluding carboxylic acids is 1. The summed E-state index contributed by atoms with van der Waals surface area (Å²) in [4.78, 5) is 11.1. The molecule has 1 N–H and O–H groups in total. The van der Waals surface area contributed by atoms with Crippen LogP contribution in [-0.4, -0.2) is 36.0 Å². The summed E-state index contributed by atoms with van der Waals surface area (Å²) in [5.74, 6) is -0.169. The van der Waals surface area contributed by atoms with Crippen molar-refractivity contribution in [2.75, 3.05) is 6.61 Å². The van der Waals surface area contributed by atoms with Crippen LogP contribution in [-0.2, 0) is 14.3 Å². The third kappa shape index (κ3) is 6.36. The smallest absolute Gasteiger partial charge is 0.305 e. The summed E-state index contributed by atoms with van der Waals surface area (Å²) in [6.07, 6.45) is 6.06. The Kier molecular flexibility index (Phi) is 7.28. The summed E-state index contributed by atoms with van der Waals surface area (Å²) in [6.45, 7) is 4.32. The minimum absolute atomic E-state index is 0.169. The molecule has 1 saturated heterocycles. The van der Waals surface area contributed by atoms with Crippen LogP contribution < -0.4 is 0 Å². The van der Waals surface area contributed by atoms with Crippen LogP contribution in [0.15, 0.2) is 0 Å². The third-order valence-corrected chi connectivity index (χ3v) is 3.37. The van der Waals surface area contributed by atoms with Crippen molar-refractivity contribution in [2.24, 2.45) is 0 Å². The Morgan fingerprint density at radius 3 is 2.83 bits per heavy atom. The van der Waals surface area contributed by atoms with Crippen LogP contribution in [0.25, 0.3) is 0 Å². The molecule has 0 spiro atoms. The number of aliphatic hydroxyl groups is 1. The lowest BCUT2D eigenvalue weighted by Crippen LogP contribution is -2.14. The fraction of sp³-hybridized carbons (Fsp3) is 0.929. The van der Waals surface area contributed by atoms with Gasteiger partial charge in [-0.15, -0.1) is 0 Å². The van der Waals surface area contributed by atoms with E-state index in [0.717, 1.165) is 25.7 Å². The van der Waals surface area contributed by atoms with Crippen LogP contribution >= 0.6 is 0 Å². The lowest BCUT2D eigenvalue weighted by atomic mass is 10.0. The molecule has 0 radical (unpaired) electrons. The SMILES string of the molecule is CCOC(=O)CCCC(O)CCC1CCC(C)O1. The van der Waals surface area contributed by atoms with Crippen molar-refractivity contribution < 1.29 is 19.4 Å². The van der Waals surface area contributed by atoms with E-state index in [1.807, 2.05) is 0 Å². The summed E-state index contributed by atoms with van der Waals surface area (Å²) >= 11 is 0. The number of rotatable bonds is 8. The largest absolute Gasteiger partial charge is 0.466 e. The predicted molar refractivity (Wildman–Crippen MR) is 69.3 cm³/mol. The summed E-state index contributed by atoms with van der Waals surface area (Å²) in [5, 5.41) is 9.81. The monoisotopic (exact) mass is 258 g/mol. The Labute approximate surface area is 110 Å². The maximum absolute atomic E-state index is 11.1. The van der Waals surface area contributed by atoms with E-state index in [2.05, 4.69) is 6.92 Å². The van der Waals surface area contributed by atoms with Crippen molar-refractivity contribution in [1.29, 1.82) is 0 Å². The van der Waals surface area contributed by atoms with Gasteiger partial charge in [0.2, 0.25) is 0 Å². The second-order valence-electron chi connectivity index (χ2n) is 5.07. The van der Waals surface area contributed by atoms with Crippen LogP contribution in [0.5, 0.6) is 0 Å². The van der Waals surface area contributed by atoms with Gasteiger partial charge in [0.1, 0.15) is 0 Å². The molecule has 0 aliphatic carbocycles. The fourth-order valence-electron chi connectivity index (χ4n) is 2.34. The van der Waals surface area contributed by atoms with Crippen molar-refractivity contribution in [1.82, 2.24) is 0 Å². The molecule has 0 amide bonds. The molecule has 4 nitrogen and oxygen atoms in total. The molecule has 18 heavy (non-hydrogen) atoms. The van der Waals surface area contributed by atoms with Crippen LogP contribution in [0.3, 0.4) is 0 Å². The number of carbonyl (C=O) groups is 1. The second-order valence-corrected chi connectivity index (χ2v) is 5.07. The molecule has 1 aliphatic rings. The van der Waals surface area contributed by atoms with Crippen molar-refractivity contribution in [3.63, 3.8) is 0 Å². The highest BCUT2D eigenvalue weighted by Crippen LogP contribution is 2.23. The first kappa shape index (κ1) is 15.4. The van der Waals surface area contributed by atoms with E-state index in [1.165, 1.54) is 0 Å². The van der Waals surface area contributed by atoms with E-state index in [1.54, 1.807) is 6.92 Å². The molecule has 0 saturated carbocycles. The van der Waals surface area contributed by atoms with Gasteiger partial charge in [0.15, 0.2) is 0 Å². The second kappa shape index (κ2) is 8.48. The lowest BCUT2D eigenvalue weighted by molar-refractivity contribution is -0.143. The Morgan fingerprint density at radius 2 is 2.22 bits per heavy atom. The maximum Gasteiger partial charge on any atom is 0.305 e. The van der Waals surface area contributed by atoms with Crippen LogP contribution in [0.2, 0.25) is 0 Å². The first-order valence-corrected chi connectivity index (χ1v) is 7.11. The normalized spacial score (nSPS) is 25.1. The zero-order valence-corrected chi connectivity index (χ0v) is 11.6. The molecule has 1 aliphatic heterocycles. The van der Waals surface area contributed by atoms with Crippen LogP contribution in [0.1, 0.15) is 58.8 Å². The summed E-state index contributed by atoms with van der Waals surface area (Å²) in [6, 6.07) is 0. The molecule has 3 unspecified atom stereocenters. The maximum atomic E-state index is 11.1. The van der Waals surface area contributed by atoms with Gasteiger partial charge in [-0.2, -0.15) is 0 Å². The van der Waals surface area contributed by atoms with Gasteiger partial charge in [0.25, 0.3) is 0 Å². The van der Waals surface area contributed by atoms with E-state index in [0.29, 0.717) is 38.1 Å². The Balaban J connectivity index is 2.00. The number of aliphatic hydroxyl groups excluding tert-OH is 1. The van der Waals surface area contributed by atoms with Gasteiger partial charge in [-0.1, -0.05) is 0 Å². The summed E-state index contributed by atoms with van der Waals surface area (Å²) in [7, 11) is 0. The quantitative estimate of drug-likeness (QED) is 0.679. The van der Waals surface area contributed by atoms with Crippen molar-refractivity contribution in [3.8, 4) is 0 Å². The van der Waals surface area contributed by atoms with Gasteiger partial charge in [-0.05, 0) is 52.4 Å². The number of ether oxygens (including phenoxy) is 2. The minimum atomic E-state index is -0.320. The Bertz CT molecular complexity index is 242. The van der Waals surface area contributed by atoms with E-state index in [9.17, 15) is 9.90 Å². The van der Waals surface area contributed by atoms with Crippen molar-refractivity contribution >= 4 is 5.97 Å². The fourth-order valence-corrected chi connectivity index (χ4v) is 2.34. The molecule has 1 fully saturated rings. The van der Waals surface area contributed by atoms with Gasteiger partial charge < -0.3 is 14.6 Å². The van der Waals surface area contributed by atoms with Crippen LogP contribution in [0, 0.1) is 0 Å². The highest BCUT2D eigenvalue weighted by atomic mass is 16.5. The summed E-state index contributed by atoms with van der Waals surface area (Å²) < 4.78 is 10.5. The standard InChI is InChI=1S/C14H26O4/c1-3-17-14(16)6-4-5-12(15)8-10-13-9-7-11(2)18-13/h11-13,15H,3-10H2,1-2H3. The summed E-state index contributed by atoms with van der Waals surface area (Å²) in [5.41, 5.74) is 0. The highest BCUT2D eigenvalue weighted by Gasteiger charge is 2.22. The van der Waals surface area contributed by atoms with E-state index < -0.39 is 0 Å². The van der Waals surface area contributed by atoms with Gasteiger partial charge in [0.05, 0.1) is 24.9 Å². The van der Waals surface area contributed by atoms with E-state index in [4.69, 9.17) is 9.47 Å². The molecule has 0 bridgehead atoms. The molecular formula is C14H26O4. The molecule has 3 atom stereocenters. The van der Waals surface area contributed by atoms with Gasteiger partial charge >= 0.3 is 5.97 Å². The van der Waals surface area contributed by atoms with Gasteiger partial charge in [-0.25, -0.2) is 0 Å². The molecule has 0 aromatic carbocycles. The average molecular weight is 258 g/mol. The van der Waals surface area contributed by atoms with Gasteiger partial charge in [0, 0.05) is 6.42 Å². The highest BCUT2D eigenvalue weighted by molar-refractivity contribution is 5.69. The number of hydrogen-bond donors (Lipinski definition) is 1. The molecule has 0 aromatic rings. The average Bonchev–Trinajstić information content (AvgIpc) is 2.73. The lowest BCUT2D eigenvalue weighted by Gasteiger charge is -2.14. The first-order valence-electron chi connectivity index (χ1n) is 7.11. The zero-order chi connectivity index (χ0) is 13.4. The molecule has 106 valence electrons. The zero-order valence-electron chi connectivity index (χ0n) is 11.6. The molecule has 1 rings (SSSR count). The Morgan fingerprint density at radius 1 is 1.44 bits per heavy atom. The van der Waals surface area contributed by atoms with E-state index >= 15 is 0 Å². The predicted octanol–water partition coefficient (Wildman–Crippen LogP) is 2.43. The van der Waals surface area contributed by atoms with Crippen LogP contribution in [0.4, 0.5) is 0 Å². The molecular weight excluding hydrogens is 232 g/mol. The molecule has 0 aromatic heterocycles. The topological polar surface area (TPSA) is 55.8 Å². The molecule has 4 heteroatoms. The van der Waals surface area contributed by atoms with E-state index in [-0.39, 0.29) is 12.1 Å². The molecule has 1 heterocycles. The number of hydrogen-bond acceptors (Lipinski definition) is 4. The van der Waals surface area contributed by atoms with Gasteiger partial charge in [-0.3, -0.25) is 4.79 Å². The van der Waals surface area contributed by atoms with Crippen molar-refractivity contribution in [2.45, 2.75) is 77.1 Å². The third-order valence-electron chi connectivity index (χ3n) is 3.37. The minimum Gasteiger partial charge on any atom is -0.466 e. The number of esters is 1. The van der Waals surface area contributed by atoms with Crippen molar-refractivity contribution in [3.05, 3.63) is 0 Å².